The van der Waals surface area contributed by atoms with Crippen LogP contribution in [0.25, 0.3) is 0 Å². The zero-order valence-corrected chi connectivity index (χ0v) is 17.1. The summed E-state index contributed by atoms with van der Waals surface area (Å²) in [6.07, 6.45) is 2.26. The molecule has 2 saturated heterocycles. The van der Waals surface area contributed by atoms with Crippen LogP contribution in [-0.4, -0.2) is 43.7 Å². The van der Waals surface area contributed by atoms with Gasteiger partial charge in [0.2, 0.25) is 21.8 Å². The molecule has 7 nitrogen and oxygen atoms in total. The predicted molar refractivity (Wildman–Crippen MR) is 110 cm³/mol. The van der Waals surface area contributed by atoms with E-state index in [0.717, 1.165) is 18.6 Å². The number of halogens is 1. The van der Waals surface area contributed by atoms with Gasteiger partial charge in [0.1, 0.15) is 11.9 Å². The van der Waals surface area contributed by atoms with E-state index >= 15 is 0 Å². The van der Waals surface area contributed by atoms with Crippen LogP contribution in [-0.2, 0) is 19.6 Å². The molecule has 158 valence electrons. The summed E-state index contributed by atoms with van der Waals surface area (Å²) in [6, 6.07) is 10.7. The summed E-state index contributed by atoms with van der Waals surface area (Å²) in [5.41, 5.74) is 1.21. The highest BCUT2D eigenvalue weighted by atomic mass is 32.2. The predicted octanol–water partition coefficient (Wildman–Crippen LogP) is 2.74. The molecule has 1 atom stereocenters. The monoisotopic (exact) mass is 431 g/mol. The maximum absolute atomic E-state index is 13.2. The summed E-state index contributed by atoms with van der Waals surface area (Å²) < 4.78 is 40.3. The van der Waals surface area contributed by atoms with Gasteiger partial charge in [-0.1, -0.05) is 6.07 Å². The van der Waals surface area contributed by atoms with Crippen molar-refractivity contribution in [1.29, 1.82) is 0 Å². The van der Waals surface area contributed by atoms with Crippen molar-refractivity contribution in [3.8, 4) is 0 Å². The third-order valence-corrected chi connectivity index (χ3v) is 7.35. The van der Waals surface area contributed by atoms with Crippen LogP contribution in [0.2, 0.25) is 0 Å². The minimum Gasteiger partial charge on any atom is -0.325 e. The van der Waals surface area contributed by atoms with Crippen molar-refractivity contribution < 1.29 is 22.4 Å². The van der Waals surface area contributed by atoms with Crippen LogP contribution in [0.1, 0.15) is 25.7 Å². The molecule has 0 spiro atoms. The molecule has 30 heavy (non-hydrogen) atoms. The van der Waals surface area contributed by atoms with E-state index in [2.05, 4.69) is 5.32 Å². The molecule has 0 bridgehead atoms. The molecule has 0 aromatic heterocycles. The van der Waals surface area contributed by atoms with E-state index < -0.39 is 27.8 Å². The Labute approximate surface area is 174 Å². The van der Waals surface area contributed by atoms with Gasteiger partial charge in [-0.05, 0) is 61.7 Å². The van der Waals surface area contributed by atoms with E-state index in [1.54, 1.807) is 29.2 Å². The summed E-state index contributed by atoms with van der Waals surface area (Å²) in [4.78, 5) is 26.5. The molecule has 2 heterocycles. The first kappa shape index (κ1) is 20.5. The van der Waals surface area contributed by atoms with E-state index in [4.69, 9.17) is 0 Å². The normalized spacial score (nSPS) is 20.0. The average Bonchev–Trinajstić information content (AvgIpc) is 3.38. The molecule has 2 fully saturated rings. The van der Waals surface area contributed by atoms with Crippen LogP contribution in [0.5, 0.6) is 0 Å². The maximum atomic E-state index is 13.2. The lowest BCUT2D eigenvalue weighted by atomic mass is 10.2. The number of nitrogens with one attached hydrogen (secondary N) is 1. The van der Waals surface area contributed by atoms with Crippen LogP contribution < -0.4 is 10.2 Å². The molecule has 0 radical (unpaired) electrons. The number of carbonyl (C=O) groups excluding carboxylic acids is 2. The van der Waals surface area contributed by atoms with Crippen molar-refractivity contribution in [2.24, 2.45) is 0 Å². The van der Waals surface area contributed by atoms with Gasteiger partial charge in [-0.25, -0.2) is 12.8 Å². The molecular weight excluding hydrogens is 409 g/mol. The van der Waals surface area contributed by atoms with Crippen molar-refractivity contribution in [1.82, 2.24) is 4.31 Å². The molecule has 2 amide bonds. The number of amides is 2. The molecule has 0 saturated carbocycles. The molecule has 1 N–H and O–H groups in total. The van der Waals surface area contributed by atoms with Crippen molar-refractivity contribution in [3.05, 3.63) is 54.3 Å². The lowest BCUT2D eigenvalue weighted by molar-refractivity contribution is -0.119. The van der Waals surface area contributed by atoms with E-state index in [9.17, 15) is 22.4 Å². The highest BCUT2D eigenvalue weighted by molar-refractivity contribution is 7.89. The quantitative estimate of drug-likeness (QED) is 0.789. The highest BCUT2D eigenvalue weighted by Gasteiger charge is 2.39. The SMILES string of the molecule is O=C(Nc1cccc(N2CCCC2=O)c1)[C@H]1CCCN1S(=O)(=O)c1ccc(F)cc1. The summed E-state index contributed by atoms with van der Waals surface area (Å²) >= 11 is 0. The lowest BCUT2D eigenvalue weighted by Gasteiger charge is -2.24. The lowest BCUT2D eigenvalue weighted by Crippen LogP contribution is -2.43. The van der Waals surface area contributed by atoms with Crippen molar-refractivity contribution >= 4 is 33.2 Å². The van der Waals surface area contributed by atoms with Gasteiger partial charge >= 0.3 is 0 Å². The Hall–Kier alpha value is -2.78. The van der Waals surface area contributed by atoms with Gasteiger partial charge in [-0.15, -0.1) is 0 Å². The molecule has 0 unspecified atom stereocenters. The van der Waals surface area contributed by atoms with Crippen molar-refractivity contribution in [2.75, 3.05) is 23.3 Å². The number of hydrogen-bond acceptors (Lipinski definition) is 4. The highest BCUT2D eigenvalue weighted by Crippen LogP contribution is 2.28. The van der Waals surface area contributed by atoms with Crippen LogP contribution >= 0.6 is 0 Å². The van der Waals surface area contributed by atoms with Gasteiger partial charge < -0.3 is 10.2 Å². The number of sulfonamides is 1. The topological polar surface area (TPSA) is 86.8 Å². The summed E-state index contributed by atoms with van der Waals surface area (Å²) in [5, 5.41) is 2.78. The fraction of sp³-hybridized carbons (Fsp3) is 0.333. The number of anilines is 2. The summed E-state index contributed by atoms with van der Waals surface area (Å²) in [7, 11) is -3.92. The second kappa shape index (κ2) is 8.16. The minimum atomic E-state index is -3.92. The van der Waals surface area contributed by atoms with Crippen molar-refractivity contribution in [3.63, 3.8) is 0 Å². The second-order valence-electron chi connectivity index (χ2n) is 7.42. The van der Waals surface area contributed by atoms with E-state index in [1.807, 2.05) is 0 Å². The number of benzene rings is 2. The Morgan fingerprint density at radius 1 is 1.07 bits per heavy atom. The zero-order valence-electron chi connectivity index (χ0n) is 16.3. The molecular formula is C21H22FN3O4S. The van der Waals surface area contributed by atoms with E-state index in [1.165, 1.54) is 16.4 Å². The summed E-state index contributed by atoms with van der Waals surface area (Å²) in [6.45, 7) is 0.864. The molecule has 9 heteroatoms. The third-order valence-electron chi connectivity index (χ3n) is 5.43. The van der Waals surface area contributed by atoms with Crippen LogP contribution in [0.4, 0.5) is 15.8 Å². The Morgan fingerprint density at radius 3 is 2.53 bits per heavy atom. The van der Waals surface area contributed by atoms with Crippen LogP contribution in [0.15, 0.2) is 53.4 Å². The smallest absolute Gasteiger partial charge is 0.243 e. The van der Waals surface area contributed by atoms with Gasteiger partial charge in [0.15, 0.2) is 0 Å². The average molecular weight is 431 g/mol. The fourth-order valence-corrected chi connectivity index (χ4v) is 5.59. The molecule has 2 aliphatic rings. The van der Waals surface area contributed by atoms with Gasteiger partial charge in [-0.3, -0.25) is 9.59 Å². The first-order chi connectivity index (χ1) is 14.4. The standard InChI is InChI=1S/C21H22FN3O4S/c22-15-8-10-18(11-9-15)30(28,29)25-13-2-6-19(25)21(27)23-16-4-1-5-17(14-16)24-12-3-7-20(24)26/h1,4-5,8-11,14,19H,2-3,6-7,12-13H2,(H,23,27)/t19-/m1/s1. The number of hydrogen-bond donors (Lipinski definition) is 1. The Balaban J connectivity index is 1.52. The Morgan fingerprint density at radius 2 is 1.83 bits per heavy atom. The molecule has 0 aliphatic carbocycles. The van der Waals surface area contributed by atoms with Gasteiger partial charge in [0.05, 0.1) is 4.90 Å². The van der Waals surface area contributed by atoms with Crippen molar-refractivity contribution in [2.45, 2.75) is 36.6 Å². The molecule has 2 aliphatic heterocycles. The minimum absolute atomic E-state index is 0.0434. The zero-order chi connectivity index (χ0) is 21.3. The third kappa shape index (κ3) is 3.95. The number of nitrogens with zero attached hydrogens (tertiary/aromatic N) is 2. The first-order valence-electron chi connectivity index (χ1n) is 9.85. The Kier molecular flexibility index (Phi) is 5.57. The Bertz CT molecular complexity index is 1070. The van der Waals surface area contributed by atoms with E-state index in [0.29, 0.717) is 37.2 Å². The van der Waals surface area contributed by atoms with Crippen LogP contribution in [0, 0.1) is 5.82 Å². The first-order valence-corrected chi connectivity index (χ1v) is 11.3. The molecule has 4 rings (SSSR count). The fourth-order valence-electron chi connectivity index (χ4n) is 3.93. The summed E-state index contributed by atoms with van der Waals surface area (Å²) in [5.74, 6) is -0.907. The van der Waals surface area contributed by atoms with Gasteiger partial charge in [-0.2, -0.15) is 4.31 Å². The number of carbonyl (C=O) groups is 2. The molecule has 2 aromatic carbocycles. The van der Waals surface area contributed by atoms with Crippen LogP contribution in [0.3, 0.4) is 0 Å². The molecule has 2 aromatic rings. The van der Waals surface area contributed by atoms with E-state index in [-0.39, 0.29) is 17.3 Å². The second-order valence-corrected chi connectivity index (χ2v) is 9.31. The van der Waals surface area contributed by atoms with Gasteiger partial charge in [0, 0.05) is 30.9 Å². The largest absolute Gasteiger partial charge is 0.325 e. The number of rotatable bonds is 5. The maximum Gasteiger partial charge on any atom is 0.243 e. The van der Waals surface area contributed by atoms with Gasteiger partial charge in [0.25, 0.3) is 0 Å².